The van der Waals surface area contributed by atoms with Crippen molar-refractivity contribution >= 4 is 0 Å². The Hall–Kier alpha value is -12.1. The standard InChI is InChI=1S/C30H36N.4C26H28N/c1-22-7-3-4-12-29(22)30-21-27(17-18-31(30)2)25-13-15-26(16-14-25)28-19-23-8-5-9-24(20-28)11-6-10-23;2*1-18-7-3-4-12-24(18)25-17-20(13-14-27(25)2)19-8-5-9-21(15-19)26-22-10-6-11-23(26)16-22;2*1-18-6-3-4-9-24(18)25-17-21(14-15-27(25)2)19-10-12-20(13-11-19)26-22-7-5-8-23(26)16-22/h3-4,7,12-18,21,23-24,28H,5-6,8-11,19-20H2,1-2H3;2*3-5,7-9,12-15,17,22-23,26H,6,10-11,16H2,1-2H3;2*3-4,6,9-15,17,22-23,26H,5,7-8,16H2,1-2H3/q5*+1/i;26D;;26D;. The first kappa shape index (κ1) is 90.8. The Morgan fingerprint density at radius 3 is 0.755 bits per heavy atom. The summed E-state index contributed by atoms with van der Waals surface area (Å²) in [4.78, 5) is 0. The van der Waals surface area contributed by atoms with Gasteiger partial charge in [0.25, 0.3) is 0 Å². The van der Waals surface area contributed by atoms with E-state index in [1.54, 1.807) is 16.7 Å². The van der Waals surface area contributed by atoms with Crippen molar-refractivity contribution < 1.29 is 25.6 Å². The number of nitrogens with zero attached hydrogens (tertiary/aromatic N) is 5. The SMILES string of the molecule is Cc1ccccc1-c1cc(-c2ccc(C3C4CCCC3C4)cc2)cc[n+]1C.Cc1ccccc1-c1cc(-c2ccc(C3CC4CCCC(CCC4)C3)cc2)cc[n+]1C.Cc1ccccc1-c1cc(-c2cccc(C3C4CCCC3C4)c2)cc[n+]1C.[2H]C1(c2ccc(-c3cc[n+](C)c(-c4ccccc4C)c3)cc2)C2CCCC1C2.[2H]C1(c2cccc(-c3cc[n+](C)c(-c4ccccc4C)c3)c2)C2CCCC1C2. The first-order valence-electron chi connectivity index (χ1n) is 54.5. The van der Waals surface area contributed by atoms with Gasteiger partial charge in [0.2, 0.25) is 28.5 Å². The lowest BCUT2D eigenvalue weighted by molar-refractivity contribution is -0.660. The van der Waals surface area contributed by atoms with Gasteiger partial charge in [-0.25, -0.2) is 22.8 Å². The molecule has 5 nitrogen and oxygen atoms in total. The molecule has 0 spiro atoms. The highest BCUT2D eigenvalue weighted by Gasteiger charge is 2.48. The van der Waals surface area contributed by atoms with Crippen LogP contribution in [0.2, 0.25) is 0 Å². The largest absolute Gasteiger partial charge is 0.213 e. The van der Waals surface area contributed by atoms with E-state index in [0.717, 1.165) is 53.3 Å². The Balaban J connectivity index is 0.000000105. The minimum atomic E-state index is -0.355. The molecule has 8 atom stereocenters. The van der Waals surface area contributed by atoms with E-state index in [2.05, 4.69) is 427 Å². The maximum Gasteiger partial charge on any atom is 0.213 e. The van der Waals surface area contributed by atoms with E-state index in [9.17, 15) is 1.37 Å². The van der Waals surface area contributed by atoms with Crippen LogP contribution in [0.1, 0.15) is 242 Å². The van der Waals surface area contributed by atoms with Gasteiger partial charge in [0.1, 0.15) is 35.2 Å². The molecule has 5 heterocycles. The van der Waals surface area contributed by atoms with Gasteiger partial charge in [0.05, 0.1) is 0 Å². The van der Waals surface area contributed by atoms with Gasteiger partial charge in [-0.1, -0.05) is 277 Å². The van der Waals surface area contributed by atoms with Crippen molar-refractivity contribution in [3.8, 4) is 112 Å². The average molecular weight is 1830 g/mol. The molecule has 10 aromatic carbocycles. The topological polar surface area (TPSA) is 19.4 Å². The minimum absolute atomic E-state index is 0.327. The fourth-order valence-corrected chi connectivity index (χ4v) is 27.3. The lowest BCUT2D eigenvalue weighted by Crippen LogP contribution is -2.38. The van der Waals surface area contributed by atoms with Crippen molar-refractivity contribution in [2.24, 2.45) is 94.4 Å². The van der Waals surface area contributed by atoms with E-state index in [1.807, 2.05) is 0 Å². The lowest BCUT2D eigenvalue weighted by atomic mass is 9.55. The van der Waals surface area contributed by atoms with Crippen LogP contribution in [0.25, 0.3) is 112 Å². The third-order valence-electron chi connectivity index (χ3n) is 35.2. The summed E-state index contributed by atoms with van der Waals surface area (Å²) in [6.07, 6.45) is 44.1. The molecule has 5 aromatic heterocycles. The zero-order valence-electron chi connectivity index (χ0n) is 86.5. The summed E-state index contributed by atoms with van der Waals surface area (Å²) in [5, 5.41) is 0. The molecule has 11 saturated carbocycles. The molecule has 11 aliphatic rings. The van der Waals surface area contributed by atoms with Crippen LogP contribution in [-0.4, -0.2) is 0 Å². The number of rotatable bonds is 15. The first-order chi connectivity index (χ1) is 68.7. The normalized spacial score (nSPS) is 25.0. The van der Waals surface area contributed by atoms with Crippen LogP contribution < -0.4 is 22.8 Å². The third kappa shape index (κ3) is 20.1. The zero-order valence-corrected chi connectivity index (χ0v) is 84.5. The molecule has 5 heteroatoms. The van der Waals surface area contributed by atoms with E-state index >= 15 is 0 Å². The summed E-state index contributed by atoms with van der Waals surface area (Å²) >= 11 is 0. The molecule has 139 heavy (non-hydrogen) atoms. The highest BCUT2D eigenvalue weighted by molar-refractivity contribution is 5.76. The highest BCUT2D eigenvalue weighted by Crippen LogP contribution is 2.60. The van der Waals surface area contributed by atoms with Gasteiger partial charge in [0.15, 0.2) is 31.0 Å². The monoisotopic (exact) mass is 1830 g/mol. The van der Waals surface area contributed by atoms with Crippen LogP contribution in [-0.2, 0) is 35.2 Å². The molecule has 0 N–H and O–H groups in total. The van der Waals surface area contributed by atoms with E-state index in [1.165, 1.54) is 305 Å². The summed E-state index contributed by atoms with van der Waals surface area (Å²) in [6, 6.07) is 112. The van der Waals surface area contributed by atoms with Crippen LogP contribution in [0.15, 0.2) is 334 Å². The van der Waals surface area contributed by atoms with Crippen molar-refractivity contribution in [3.63, 3.8) is 0 Å². The van der Waals surface area contributed by atoms with Crippen molar-refractivity contribution in [1.82, 2.24) is 0 Å². The summed E-state index contributed by atoms with van der Waals surface area (Å²) in [5.41, 5.74) is 39.3. The number of hydrogen-bond acceptors (Lipinski definition) is 0. The molecule has 0 amide bonds. The quantitative estimate of drug-likeness (QED) is 0.0912. The maximum absolute atomic E-state index is 9.21. The van der Waals surface area contributed by atoms with Crippen LogP contribution in [0, 0.1) is 93.8 Å². The molecular formula is C134H148N5+5. The number of hydrogen-bond donors (Lipinski definition) is 0. The van der Waals surface area contributed by atoms with Crippen molar-refractivity contribution in [3.05, 3.63) is 390 Å². The number of pyridine rings is 5. The molecule has 11 fully saturated rings. The van der Waals surface area contributed by atoms with Gasteiger partial charge >= 0.3 is 0 Å². The molecule has 11 aliphatic carbocycles. The molecule has 26 rings (SSSR count). The van der Waals surface area contributed by atoms with Crippen LogP contribution in [0.5, 0.6) is 0 Å². The average Bonchev–Trinajstić information content (AvgIpc) is 0.720. The second kappa shape index (κ2) is 41.8. The summed E-state index contributed by atoms with van der Waals surface area (Å²) in [7, 11) is 10.6. The van der Waals surface area contributed by atoms with Gasteiger partial charge in [-0.3, -0.25) is 0 Å². The highest BCUT2D eigenvalue weighted by atomic mass is 14.9. The molecule has 0 radical (unpaired) electrons. The van der Waals surface area contributed by atoms with Gasteiger partial charge in [-0.2, -0.15) is 0 Å². The predicted octanol–water partition coefficient (Wildman–Crippen LogP) is 31.8. The van der Waals surface area contributed by atoms with Crippen molar-refractivity contribution in [2.75, 3.05) is 0 Å². The Bertz CT molecular complexity index is 6900. The molecule has 10 bridgehead atoms. The van der Waals surface area contributed by atoms with E-state index in [-0.39, 0.29) is 11.8 Å². The Kier molecular flexibility index (Phi) is 27.3. The van der Waals surface area contributed by atoms with E-state index in [0.29, 0.717) is 23.7 Å². The predicted molar refractivity (Wildman–Crippen MR) is 576 cm³/mol. The molecule has 0 aliphatic heterocycles. The van der Waals surface area contributed by atoms with E-state index < -0.39 is 0 Å². The van der Waals surface area contributed by atoms with Gasteiger partial charge in [-0.05, 0) is 355 Å². The van der Waals surface area contributed by atoms with Crippen LogP contribution >= 0.6 is 0 Å². The maximum atomic E-state index is 9.21. The summed E-state index contributed by atoms with van der Waals surface area (Å²) in [5.74, 6) is 9.68. The van der Waals surface area contributed by atoms with Crippen molar-refractivity contribution in [2.45, 2.75) is 218 Å². The second-order valence-electron chi connectivity index (χ2n) is 43.9. The fourth-order valence-electron chi connectivity index (χ4n) is 27.3. The lowest BCUT2D eigenvalue weighted by Gasteiger charge is -2.50. The number of benzene rings is 10. The van der Waals surface area contributed by atoms with Gasteiger partial charge in [0, 0.05) is 91.2 Å². The first-order valence-corrected chi connectivity index (χ1v) is 53.5. The minimum Gasteiger partial charge on any atom is -0.201 e. The summed E-state index contributed by atoms with van der Waals surface area (Å²) < 4.78 is 29.4. The molecule has 15 aromatic rings. The Morgan fingerprint density at radius 2 is 0.446 bits per heavy atom. The number of fused-ring (bicyclic) bond motifs is 14. The molecule has 8 unspecified atom stereocenters. The fraction of sp³-hybridized carbons (Fsp3) is 0.366. The van der Waals surface area contributed by atoms with E-state index in [4.69, 9.17) is 1.37 Å². The Morgan fingerprint density at radius 1 is 0.201 bits per heavy atom. The zero-order chi connectivity index (χ0) is 96.6. The summed E-state index contributed by atoms with van der Waals surface area (Å²) in [6.45, 7) is 10.9. The Labute approximate surface area is 834 Å². The van der Waals surface area contributed by atoms with Gasteiger partial charge < -0.3 is 0 Å². The molecule has 0 saturated heterocycles. The van der Waals surface area contributed by atoms with Crippen LogP contribution in [0.3, 0.4) is 0 Å². The second-order valence-corrected chi connectivity index (χ2v) is 43.9. The number of aromatic nitrogens is 5. The van der Waals surface area contributed by atoms with Crippen LogP contribution in [0.4, 0.5) is 0 Å². The molecule has 704 valence electrons. The number of aryl methyl sites for hydroxylation is 10. The third-order valence-corrected chi connectivity index (χ3v) is 35.2. The smallest absolute Gasteiger partial charge is 0.201 e. The van der Waals surface area contributed by atoms with Gasteiger partial charge in [-0.15, -0.1) is 0 Å². The van der Waals surface area contributed by atoms with Crippen molar-refractivity contribution in [1.29, 1.82) is 0 Å². The molecular weight excluding hydrogens is 1680 g/mol.